The van der Waals surface area contributed by atoms with Gasteiger partial charge in [0.25, 0.3) is 0 Å². The Hall–Kier alpha value is -0.970. The van der Waals surface area contributed by atoms with Crippen molar-refractivity contribution in [2.24, 2.45) is 5.92 Å². The van der Waals surface area contributed by atoms with Crippen LogP contribution < -0.4 is 10.6 Å². The summed E-state index contributed by atoms with van der Waals surface area (Å²) in [5.74, 6) is 0.374. The molecule has 3 N–H and O–H groups in total. The number of carbonyl (C=O) groups is 1. The van der Waals surface area contributed by atoms with Crippen LogP contribution in [-0.4, -0.2) is 23.8 Å². The Bertz CT molecular complexity index is 474. The zero-order chi connectivity index (χ0) is 14.5. The van der Waals surface area contributed by atoms with Crippen LogP contribution in [0, 0.1) is 5.92 Å². The average Bonchev–Trinajstić information content (AvgIpc) is 2.45. The van der Waals surface area contributed by atoms with Crippen molar-refractivity contribution in [2.75, 3.05) is 11.9 Å². The van der Waals surface area contributed by atoms with Crippen LogP contribution in [0.1, 0.15) is 25.7 Å². The van der Waals surface area contributed by atoms with Crippen LogP contribution >= 0.6 is 23.2 Å². The molecule has 2 rings (SSSR count). The lowest BCUT2D eigenvalue weighted by atomic mass is 9.87. The predicted molar refractivity (Wildman–Crippen MR) is 81.4 cm³/mol. The van der Waals surface area contributed by atoms with E-state index in [2.05, 4.69) is 10.6 Å². The summed E-state index contributed by atoms with van der Waals surface area (Å²) in [6.45, 7) is 0.233. The van der Waals surface area contributed by atoms with Gasteiger partial charge < -0.3 is 15.7 Å². The van der Waals surface area contributed by atoms with Crippen LogP contribution in [0.25, 0.3) is 0 Å². The SMILES string of the molecule is O=C(Nc1cccc(Cl)c1Cl)NC1CCC(CO)CC1. The van der Waals surface area contributed by atoms with E-state index in [1.807, 2.05) is 0 Å². The molecule has 0 aliphatic heterocycles. The Morgan fingerprint density at radius 1 is 1.25 bits per heavy atom. The molecule has 1 aromatic rings. The number of amides is 2. The van der Waals surface area contributed by atoms with Crippen LogP contribution in [-0.2, 0) is 0 Å². The van der Waals surface area contributed by atoms with E-state index in [9.17, 15) is 4.79 Å². The standard InChI is InChI=1S/C14H18Cl2N2O2/c15-11-2-1-3-12(13(11)16)18-14(20)17-10-6-4-9(8-19)5-7-10/h1-3,9-10,19H,4-8H2,(H2,17,18,20). The Labute approximate surface area is 128 Å². The molecule has 0 aromatic heterocycles. The summed E-state index contributed by atoms with van der Waals surface area (Å²) in [6, 6.07) is 4.98. The number of urea groups is 1. The molecular weight excluding hydrogens is 299 g/mol. The van der Waals surface area contributed by atoms with Gasteiger partial charge in [0, 0.05) is 12.6 Å². The van der Waals surface area contributed by atoms with Crippen molar-refractivity contribution in [1.82, 2.24) is 5.32 Å². The molecule has 1 aliphatic carbocycles. The third-order valence-electron chi connectivity index (χ3n) is 3.64. The summed E-state index contributed by atoms with van der Waals surface area (Å²) in [5, 5.41) is 15.5. The number of aliphatic hydroxyl groups excluding tert-OH is 1. The fourth-order valence-electron chi connectivity index (χ4n) is 2.43. The third-order valence-corrected chi connectivity index (χ3v) is 4.46. The molecule has 2 amide bonds. The maximum atomic E-state index is 11.9. The summed E-state index contributed by atoms with van der Waals surface area (Å²) in [7, 11) is 0. The third kappa shape index (κ3) is 4.01. The normalized spacial score (nSPS) is 22.4. The number of anilines is 1. The number of halogens is 2. The van der Waals surface area contributed by atoms with Crippen LogP contribution in [0.2, 0.25) is 10.0 Å². The van der Waals surface area contributed by atoms with E-state index >= 15 is 0 Å². The van der Waals surface area contributed by atoms with Crippen LogP contribution in [0.4, 0.5) is 10.5 Å². The van der Waals surface area contributed by atoms with Gasteiger partial charge in [-0.1, -0.05) is 29.3 Å². The number of hydrogen-bond acceptors (Lipinski definition) is 2. The van der Waals surface area contributed by atoms with E-state index in [1.165, 1.54) is 0 Å². The van der Waals surface area contributed by atoms with Crippen molar-refractivity contribution in [1.29, 1.82) is 0 Å². The van der Waals surface area contributed by atoms with Crippen LogP contribution in [0.15, 0.2) is 18.2 Å². The molecule has 6 heteroatoms. The number of carbonyl (C=O) groups excluding carboxylic acids is 1. The largest absolute Gasteiger partial charge is 0.396 e. The lowest BCUT2D eigenvalue weighted by Crippen LogP contribution is -2.40. The fourth-order valence-corrected chi connectivity index (χ4v) is 2.78. The second kappa shape index (κ2) is 7.16. The Morgan fingerprint density at radius 2 is 1.95 bits per heavy atom. The second-order valence-electron chi connectivity index (χ2n) is 5.10. The molecule has 4 nitrogen and oxygen atoms in total. The number of aliphatic hydroxyl groups is 1. The monoisotopic (exact) mass is 316 g/mol. The van der Waals surface area contributed by atoms with Gasteiger partial charge in [0.15, 0.2) is 0 Å². The van der Waals surface area contributed by atoms with Crippen LogP contribution in [0.3, 0.4) is 0 Å². The van der Waals surface area contributed by atoms with E-state index in [0.29, 0.717) is 21.7 Å². The molecule has 1 aliphatic rings. The van der Waals surface area contributed by atoms with Crippen molar-refractivity contribution < 1.29 is 9.90 Å². The molecule has 0 radical (unpaired) electrons. The number of nitrogens with one attached hydrogen (secondary N) is 2. The summed E-state index contributed by atoms with van der Waals surface area (Å²) in [6.07, 6.45) is 3.67. The maximum absolute atomic E-state index is 11.9. The van der Waals surface area contributed by atoms with E-state index in [1.54, 1.807) is 18.2 Å². The summed E-state index contributed by atoms with van der Waals surface area (Å²) < 4.78 is 0. The Balaban J connectivity index is 1.85. The molecule has 0 spiro atoms. The van der Waals surface area contributed by atoms with Crippen molar-refractivity contribution in [3.63, 3.8) is 0 Å². The molecule has 20 heavy (non-hydrogen) atoms. The fraction of sp³-hybridized carbons (Fsp3) is 0.500. The molecule has 1 fully saturated rings. The van der Waals surface area contributed by atoms with Gasteiger partial charge in [-0.05, 0) is 43.7 Å². The lowest BCUT2D eigenvalue weighted by molar-refractivity contribution is 0.176. The lowest BCUT2D eigenvalue weighted by Gasteiger charge is -2.28. The number of rotatable bonds is 3. The van der Waals surface area contributed by atoms with Crippen molar-refractivity contribution >= 4 is 34.9 Å². The predicted octanol–water partition coefficient (Wildman–Crippen LogP) is 3.67. The molecule has 110 valence electrons. The molecule has 0 unspecified atom stereocenters. The topological polar surface area (TPSA) is 61.4 Å². The minimum atomic E-state index is -0.276. The van der Waals surface area contributed by atoms with Gasteiger partial charge in [-0.2, -0.15) is 0 Å². The molecule has 1 saturated carbocycles. The minimum absolute atomic E-state index is 0.149. The molecular formula is C14H18Cl2N2O2. The molecule has 0 saturated heterocycles. The number of hydrogen-bond donors (Lipinski definition) is 3. The van der Waals surface area contributed by atoms with E-state index in [0.717, 1.165) is 25.7 Å². The van der Waals surface area contributed by atoms with Gasteiger partial charge >= 0.3 is 6.03 Å². The highest BCUT2D eigenvalue weighted by Gasteiger charge is 2.22. The average molecular weight is 317 g/mol. The summed E-state index contributed by atoms with van der Waals surface area (Å²) >= 11 is 11.9. The van der Waals surface area contributed by atoms with Gasteiger partial charge in [-0.25, -0.2) is 4.79 Å². The van der Waals surface area contributed by atoms with Gasteiger partial charge in [-0.15, -0.1) is 0 Å². The first-order valence-electron chi connectivity index (χ1n) is 6.72. The van der Waals surface area contributed by atoms with Gasteiger partial charge in [0.1, 0.15) is 0 Å². The molecule has 0 heterocycles. The Kier molecular flexibility index (Phi) is 5.52. The quantitative estimate of drug-likeness (QED) is 0.796. The Morgan fingerprint density at radius 3 is 2.60 bits per heavy atom. The highest BCUT2D eigenvalue weighted by atomic mass is 35.5. The van der Waals surface area contributed by atoms with Gasteiger partial charge in [-0.3, -0.25) is 0 Å². The maximum Gasteiger partial charge on any atom is 0.319 e. The van der Waals surface area contributed by atoms with Gasteiger partial charge in [0.05, 0.1) is 15.7 Å². The molecule has 0 bridgehead atoms. The van der Waals surface area contributed by atoms with Crippen molar-refractivity contribution in [3.8, 4) is 0 Å². The van der Waals surface area contributed by atoms with Gasteiger partial charge in [0.2, 0.25) is 0 Å². The van der Waals surface area contributed by atoms with E-state index in [-0.39, 0.29) is 18.7 Å². The van der Waals surface area contributed by atoms with E-state index < -0.39 is 0 Å². The summed E-state index contributed by atoms with van der Waals surface area (Å²) in [4.78, 5) is 11.9. The highest BCUT2D eigenvalue weighted by molar-refractivity contribution is 6.43. The van der Waals surface area contributed by atoms with E-state index in [4.69, 9.17) is 28.3 Å². The smallest absolute Gasteiger partial charge is 0.319 e. The van der Waals surface area contributed by atoms with Crippen molar-refractivity contribution in [3.05, 3.63) is 28.2 Å². The first kappa shape index (κ1) is 15.4. The first-order chi connectivity index (χ1) is 9.60. The van der Waals surface area contributed by atoms with Crippen LogP contribution in [0.5, 0.6) is 0 Å². The molecule has 0 atom stereocenters. The second-order valence-corrected chi connectivity index (χ2v) is 5.89. The minimum Gasteiger partial charge on any atom is -0.396 e. The highest BCUT2D eigenvalue weighted by Crippen LogP contribution is 2.29. The first-order valence-corrected chi connectivity index (χ1v) is 7.48. The molecule has 1 aromatic carbocycles. The summed E-state index contributed by atoms with van der Waals surface area (Å²) in [5.41, 5.74) is 0.501. The number of benzene rings is 1. The van der Waals surface area contributed by atoms with Crippen molar-refractivity contribution in [2.45, 2.75) is 31.7 Å². The zero-order valence-electron chi connectivity index (χ0n) is 11.0. The zero-order valence-corrected chi connectivity index (χ0v) is 12.5.